The molecule has 33 heavy (non-hydrogen) atoms. The average molecular weight is 461 g/mol. The lowest BCUT2D eigenvalue weighted by molar-refractivity contribution is 0.0772. The zero-order valence-electron chi connectivity index (χ0n) is 18.6. The highest BCUT2D eigenvalue weighted by atomic mass is 35.5. The van der Waals surface area contributed by atoms with Crippen LogP contribution < -0.4 is 4.74 Å². The zero-order valence-corrected chi connectivity index (χ0v) is 19.4. The summed E-state index contributed by atoms with van der Waals surface area (Å²) in [5.41, 5.74) is 4.33. The third-order valence-corrected chi connectivity index (χ3v) is 7.20. The van der Waals surface area contributed by atoms with E-state index in [1.807, 2.05) is 42.2 Å². The highest BCUT2D eigenvalue weighted by molar-refractivity contribution is 6.29. The molecule has 5 nitrogen and oxygen atoms in total. The molecule has 2 aliphatic rings. The fourth-order valence-corrected chi connectivity index (χ4v) is 5.12. The van der Waals surface area contributed by atoms with Crippen LogP contribution in [-0.4, -0.2) is 41.8 Å². The Morgan fingerprint density at radius 1 is 1.03 bits per heavy atom. The fraction of sp³-hybridized carbons (Fsp3) is 0.296. The van der Waals surface area contributed by atoms with Gasteiger partial charge in [0, 0.05) is 36.8 Å². The molecule has 3 atom stereocenters. The number of ketones is 1. The summed E-state index contributed by atoms with van der Waals surface area (Å²) in [6.45, 7) is 3.51. The molecule has 1 aliphatic carbocycles. The number of methoxy groups -OCH3 is 1. The van der Waals surface area contributed by atoms with E-state index in [0.29, 0.717) is 34.0 Å². The predicted molar refractivity (Wildman–Crippen MR) is 127 cm³/mol. The number of halogens is 1. The van der Waals surface area contributed by atoms with E-state index in [1.54, 1.807) is 19.2 Å². The summed E-state index contributed by atoms with van der Waals surface area (Å²) in [7, 11) is 1.67. The molecular formula is C27H25ClN2O3. The number of fused-ring (bicyclic) bond motifs is 1. The van der Waals surface area contributed by atoms with Crippen LogP contribution in [-0.2, 0) is 6.42 Å². The van der Waals surface area contributed by atoms with Gasteiger partial charge in [0.1, 0.15) is 10.9 Å². The summed E-state index contributed by atoms with van der Waals surface area (Å²) < 4.78 is 5.25. The minimum atomic E-state index is -0.0448. The molecule has 1 saturated heterocycles. The Bertz CT molecular complexity index is 1200. The molecule has 0 N–H and O–H groups in total. The number of hydrogen-bond donors (Lipinski definition) is 0. The van der Waals surface area contributed by atoms with Crippen molar-refractivity contribution in [3.63, 3.8) is 0 Å². The summed E-state index contributed by atoms with van der Waals surface area (Å²) in [6, 6.07) is 17.2. The molecule has 0 spiro atoms. The van der Waals surface area contributed by atoms with Crippen molar-refractivity contribution in [3.05, 3.63) is 93.8 Å². The van der Waals surface area contributed by atoms with E-state index in [2.05, 4.69) is 17.1 Å². The Kier molecular flexibility index (Phi) is 5.67. The molecule has 1 unspecified atom stereocenters. The number of amides is 1. The van der Waals surface area contributed by atoms with E-state index in [1.165, 1.54) is 11.8 Å². The molecule has 5 rings (SSSR count). The second-order valence-electron chi connectivity index (χ2n) is 8.95. The Labute approximate surface area is 198 Å². The first kappa shape index (κ1) is 21.7. The first-order valence-corrected chi connectivity index (χ1v) is 11.5. The van der Waals surface area contributed by atoms with Gasteiger partial charge in [-0.2, -0.15) is 0 Å². The largest absolute Gasteiger partial charge is 0.497 e. The number of nitrogens with zero attached hydrogens (tertiary/aromatic N) is 2. The standard InChI is InChI=1S/C27H25ClN2O3/c1-16-3-4-18(11-20(16)12-24(31)19-7-10-25(28)29-13-19)27(32)30-14-22-23(15-30)26(22)17-5-8-21(33-2)9-6-17/h3-11,13,22-23,26H,12,14-15H2,1-2H3/t22-,23+,26?. The van der Waals surface area contributed by atoms with Crippen LogP contribution in [0.2, 0.25) is 5.15 Å². The van der Waals surface area contributed by atoms with Crippen molar-refractivity contribution in [1.29, 1.82) is 0 Å². The highest BCUT2D eigenvalue weighted by Gasteiger charge is 2.57. The van der Waals surface area contributed by atoms with Crippen LogP contribution in [0.15, 0.2) is 60.8 Å². The number of aryl methyl sites for hydroxylation is 1. The molecule has 0 bridgehead atoms. The molecule has 2 aromatic carbocycles. The van der Waals surface area contributed by atoms with Crippen LogP contribution in [0.3, 0.4) is 0 Å². The van der Waals surface area contributed by atoms with Crippen molar-refractivity contribution in [2.24, 2.45) is 11.8 Å². The Morgan fingerprint density at radius 2 is 1.73 bits per heavy atom. The van der Waals surface area contributed by atoms with Gasteiger partial charge in [0.15, 0.2) is 5.78 Å². The van der Waals surface area contributed by atoms with Gasteiger partial charge in [-0.15, -0.1) is 0 Å². The Morgan fingerprint density at radius 3 is 2.36 bits per heavy atom. The molecule has 1 saturated carbocycles. The molecule has 1 amide bonds. The predicted octanol–water partition coefficient (Wildman–Crippen LogP) is 4.96. The van der Waals surface area contributed by atoms with Gasteiger partial charge in [0.05, 0.1) is 7.11 Å². The monoisotopic (exact) mass is 460 g/mol. The molecule has 168 valence electrons. The highest BCUT2D eigenvalue weighted by Crippen LogP contribution is 2.58. The Balaban J connectivity index is 1.24. The van der Waals surface area contributed by atoms with Gasteiger partial charge in [-0.1, -0.05) is 29.8 Å². The summed E-state index contributed by atoms with van der Waals surface area (Å²) in [4.78, 5) is 31.8. The summed E-state index contributed by atoms with van der Waals surface area (Å²) in [6.07, 6.45) is 1.71. The normalized spacial score (nSPS) is 20.9. The molecule has 3 aromatic rings. The maximum atomic E-state index is 13.2. The quantitative estimate of drug-likeness (QED) is 0.385. The fourth-order valence-electron chi connectivity index (χ4n) is 5.01. The van der Waals surface area contributed by atoms with Crippen molar-refractivity contribution in [2.45, 2.75) is 19.3 Å². The number of hydrogen-bond acceptors (Lipinski definition) is 4. The van der Waals surface area contributed by atoms with Gasteiger partial charge < -0.3 is 9.64 Å². The number of Topliss-reactive ketones (excluding diaryl/α,β-unsaturated/α-hetero) is 1. The van der Waals surface area contributed by atoms with E-state index in [4.69, 9.17) is 16.3 Å². The third-order valence-electron chi connectivity index (χ3n) is 6.98. The van der Waals surface area contributed by atoms with Gasteiger partial charge in [-0.05, 0) is 77.8 Å². The van der Waals surface area contributed by atoms with E-state index in [9.17, 15) is 9.59 Å². The van der Waals surface area contributed by atoms with Crippen LogP contribution >= 0.6 is 11.6 Å². The molecule has 2 fully saturated rings. The molecule has 1 aliphatic heterocycles. The second-order valence-corrected chi connectivity index (χ2v) is 9.33. The first-order valence-electron chi connectivity index (χ1n) is 11.1. The van der Waals surface area contributed by atoms with Crippen molar-refractivity contribution < 1.29 is 14.3 Å². The summed E-state index contributed by atoms with van der Waals surface area (Å²) >= 11 is 5.82. The van der Waals surface area contributed by atoms with Crippen molar-refractivity contribution >= 4 is 23.3 Å². The number of carbonyl (C=O) groups excluding carboxylic acids is 2. The van der Waals surface area contributed by atoms with Crippen LogP contribution in [0.1, 0.15) is 43.3 Å². The number of carbonyl (C=O) groups is 2. The van der Waals surface area contributed by atoms with Crippen molar-refractivity contribution in [2.75, 3.05) is 20.2 Å². The number of benzene rings is 2. The second kappa shape index (κ2) is 8.64. The van der Waals surface area contributed by atoms with Crippen LogP contribution in [0, 0.1) is 18.8 Å². The number of aromatic nitrogens is 1. The first-order chi connectivity index (χ1) is 15.9. The van der Waals surface area contributed by atoms with Crippen molar-refractivity contribution in [1.82, 2.24) is 9.88 Å². The third kappa shape index (κ3) is 4.25. The van der Waals surface area contributed by atoms with E-state index in [-0.39, 0.29) is 18.1 Å². The zero-order chi connectivity index (χ0) is 23.1. The molecule has 0 radical (unpaired) electrons. The lowest BCUT2D eigenvalue weighted by Gasteiger charge is -2.21. The molecule has 1 aromatic heterocycles. The SMILES string of the molecule is COc1ccc(C2[C@H]3CN(C(=O)c4ccc(C)c(CC(=O)c5ccc(Cl)nc5)c4)C[C@@H]23)cc1. The van der Waals surface area contributed by atoms with Crippen molar-refractivity contribution in [3.8, 4) is 5.75 Å². The number of piperidine rings is 1. The van der Waals surface area contributed by atoms with Gasteiger partial charge in [-0.25, -0.2) is 4.98 Å². The van der Waals surface area contributed by atoms with Crippen LogP contribution in [0.4, 0.5) is 0 Å². The minimum Gasteiger partial charge on any atom is -0.497 e. The van der Waals surface area contributed by atoms with E-state index in [0.717, 1.165) is 30.0 Å². The van der Waals surface area contributed by atoms with E-state index >= 15 is 0 Å². The van der Waals surface area contributed by atoms with Gasteiger partial charge >= 0.3 is 0 Å². The molecule has 6 heteroatoms. The van der Waals surface area contributed by atoms with Gasteiger partial charge in [0.2, 0.25) is 0 Å². The van der Waals surface area contributed by atoms with Gasteiger partial charge in [-0.3, -0.25) is 9.59 Å². The number of rotatable bonds is 6. The molecular weight excluding hydrogens is 436 g/mol. The maximum absolute atomic E-state index is 13.2. The minimum absolute atomic E-state index is 0.0394. The maximum Gasteiger partial charge on any atom is 0.253 e. The lowest BCUT2D eigenvalue weighted by Crippen LogP contribution is -2.31. The lowest BCUT2D eigenvalue weighted by atomic mass is 9.97. The van der Waals surface area contributed by atoms with Gasteiger partial charge in [0.25, 0.3) is 5.91 Å². The smallest absolute Gasteiger partial charge is 0.253 e. The van der Waals surface area contributed by atoms with E-state index < -0.39 is 0 Å². The summed E-state index contributed by atoms with van der Waals surface area (Å²) in [5.74, 6) is 2.42. The number of ether oxygens (including phenoxy) is 1. The summed E-state index contributed by atoms with van der Waals surface area (Å²) in [5, 5.41) is 0.355. The Hall–Kier alpha value is -3.18. The molecule has 2 heterocycles. The number of pyridine rings is 1. The number of likely N-dealkylation sites (tertiary alicyclic amines) is 1. The topological polar surface area (TPSA) is 59.5 Å². The van der Waals surface area contributed by atoms with Crippen LogP contribution in [0.5, 0.6) is 5.75 Å². The van der Waals surface area contributed by atoms with Crippen LogP contribution in [0.25, 0.3) is 0 Å². The average Bonchev–Trinajstić information content (AvgIpc) is 3.33.